The van der Waals surface area contributed by atoms with E-state index in [-0.39, 0.29) is 21.1 Å². The number of ether oxygens (including phenoxy) is 1. The monoisotopic (exact) mass is 819 g/mol. The summed E-state index contributed by atoms with van der Waals surface area (Å²) in [7, 11) is 1.24. The highest BCUT2D eigenvalue weighted by molar-refractivity contribution is 8.00. The standard InChI is InChI=1S/C46H37N5O6S2/c1-28-38(46(56)57-2)45(59-39(28)43(54)48-32-19-10-5-11-20-32)51-44(55)40(29-15-6-3-7-16-29)58-34-22-14-21-33(26-34)49-42(53)37(50-41(52)30-17-8-4-9-18-30)25-31-27-47-36-24-13-12-23-35(31)36/h3-27,40,47H,1-2H3,(H,48,54)(H,49,53)(H,50,52)(H,51,55)/b37-25-. The summed E-state index contributed by atoms with van der Waals surface area (Å²) in [4.78, 5) is 72.0. The van der Waals surface area contributed by atoms with Crippen LogP contribution in [0.1, 0.15) is 52.3 Å². The predicted octanol–water partition coefficient (Wildman–Crippen LogP) is 9.46. The molecule has 13 heteroatoms. The van der Waals surface area contributed by atoms with Gasteiger partial charge in [-0.05, 0) is 72.7 Å². The molecule has 2 aromatic heterocycles. The van der Waals surface area contributed by atoms with Gasteiger partial charge in [-0.15, -0.1) is 23.1 Å². The van der Waals surface area contributed by atoms with Crippen LogP contribution in [0, 0.1) is 6.92 Å². The lowest BCUT2D eigenvalue weighted by atomic mass is 10.1. The number of aromatic nitrogens is 1. The first-order chi connectivity index (χ1) is 28.7. The molecule has 59 heavy (non-hydrogen) atoms. The van der Waals surface area contributed by atoms with E-state index in [1.807, 2.05) is 66.7 Å². The van der Waals surface area contributed by atoms with Crippen LogP contribution in [0.5, 0.6) is 0 Å². The van der Waals surface area contributed by atoms with Gasteiger partial charge >= 0.3 is 5.97 Å². The Balaban J connectivity index is 1.15. The molecule has 5 aromatic carbocycles. The number of esters is 1. The molecule has 0 spiro atoms. The molecule has 1 atom stereocenters. The summed E-state index contributed by atoms with van der Waals surface area (Å²) >= 11 is 2.21. The van der Waals surface area contributed by atoms with E-state index in [1.54, 1.807) is 92.0 Å². The number of benzene rings is 5. The average Bonchev–Trinajstić information content (AvgIpc) is 3.82. The molecule has 0 aliphatic heterocycles. The van der Waals surface area contributed by atoms with Gasteiger partial charge in [-0.1, -0.05) is 91.0 Å². The van der Waals surface area contributed by atoms with E-state index >= 15 is 0 Å². The summed E-state index contributed by atoms with van der Waals surface area (Å²) in [6.45, 7) is 1.63. The average molecular weight is 820 g/mol. The van der Waals surface area contributed by atoms with Crippen LogP contribution in [-0.4, -0.2) is 41.7 Å². The van der Waals surface area contributed by atoms with Gasteiger partial charge in [0.15, 0.2) is 0 Å². The molecular weight excluding hydrogens is 783 g/mol. The van der Waals surface area contributed by atoms with E-state index in [0.29, 0.717) is 38.5 Å². The number of nitrogens with one attached hydrogen (secondary N) is 5. The molecule has 0 saturated heterocycles. The van der Waals surface area contributed by atoms with Crippen LogP contribution in [0.3, 0.4) is 0 Å². The van der Waals surface area contributed by atoms with Gasteiger partial charge < -0.3 is 31.0 Å². The zero-order valence-corrected chi connectivity index (χ0v) is 33.4. The first-order valence-electron chi connectivity index (χ1n) is 18.3. The smallest absolute Gasteiger partial charge is 0.341 e. The van der Waals surface area contributed by atoms with Crippen molar-refractivity contribution in [3.8, 4) is 0 Å². The number of thiophene rings is 1. The number of amides is 4. The second-order valence-electron chi connectivity index (χ2n) is 13.1. The lowest BCUT2D eigenvalue weighted by Crippen LogP contribution is -2.30. The van der Waals surface area contributed by atoms with Gasteiger partial charge in [0, 0.05) is 44.5 Å². The minimum Gasteiger partial charge on any atom is -0.465 e. The third-order valence-corrected chi connectivity index (χ3v) is 11.6. The molecule has 7 aromatic rings. The van der Waals surface area contributed by atoms with Crippen molar-refractivity contribution in [2.45, 2.75) is 17.1 Å². The van der Waals surface area contributed by atoms with E-state index in [1.165, 1.54) is 18.9 Å². The molecule has 11 nitrogen and oxygen atoms in total. The number of hydrogen-bond acceptors (Lipinski definition) is 8. The van der Waals surface area contributed by atoms with Gasteiger partial charge in [0.25, 0.3) is 17.7 Å². The number of H-pyrrole nitrogens is 1. The molecule has 0 radical (unpaired) electrons. The molecular formula is C46H37N5O6S2. The Morgan fingerprint density at radius 3 is 2.12 bits per heavy atom. The van der Waals surface area contributed by atoms with E-state index in [2.05, 4.69) is 26.3 Å². The normalized spacial score (nSPS) is 11.7. The van der Waals surface area contributed by atoms with Gasteiger partial charge in [-0.2, -0.15) is 0 Å². The first kappa shape index (κ1) is 40.0. The van der Waals surface area contributed by atoms with Gasteiger partial charge in [-0.25, -0.2) is 4.79 Å². The SMILES string of the molecule is COC(=O)c1c(NC(=O)C(Sc2cccc(NC(=O)/C(=C/c3c[nH]c4ccccc34)NC(=O)c3ccccc3)c2)c2ccccc2)sc(C(=O)Nc2ccccc2)c1C. The second-order valence-corrected chi connectivity index (χ2v) is 15.3. The van der Waals surface area contributed by atoms with Crippen LogP contribution in [0.25, 0.3) is 17.0 Å². The van der Waals surface area contributed by atoms with Crippen LogP contribution in [0.4, 0.5) is 16.4 Å². The van der Waals surface area contributed by atoms with Crippen molar-refractivity contribution in [2.75, 3.05) is 23.1 Å². The van der Waals surface area contributed by atoms with Gasteiger partial charge in [0.05, 0.1) is 17.6 Å². The quantitative estimate of drug-likeness (QED) is 0.0441. The summed E-state index contributed by atoms with van der Waals surface area (Å²) in [6.07, 6.45) is 3.39. The Bertz CT molecular complexity index is 2690. The molecule has 2 heterocycles. The largest absolute Gasteiger partial charge is 0.465 e. The predicted molar refractivity (Wildman–Crippen MR) is 234 cm³/mol. The second kappa shape index (κ2) is 18.4. The number of anilines is 3. The van der Waals surface area contributed by atoms with Crippen LogP contribution in [0.15, 0.2) is 156 Å². The summed E-state index contributed by atoms with van der Waals surface area (Å²) in [5.74, 6) is -2.60. The fourth-order valence-corrected chi connectivity index (χ4v) is 8.42. The topological polar surface area (TPSA) is 158 Å². The number of fused-ring (bicyclic) bond motifs is 1. The minimum atomic E-state index is -0.834. The van der Waals surface area contributed by atoms with Gasteiger partial charge in [0.2, 0.25) is 5.91 Å². The third-order valence-electron chi connectivity index (χ3n) is 9.15. The number of hydrogen-bond donors (Lipinski definition) is 5. The van der Waals surface area contributed by atoms with Crippen molar-refractivity contribution < 1.29 is 28.7 Å². The molecule has 0 aliphatic carbocycles. The maximum Gasteiger partial charge on any atom is 0.341 e. The summed E-state index contributed by atoms with van der Waals surface area (Å²) in [5, 5.41) is 11.7. The van der Waals surface area contributed by atoms with Crippen LogP contribution < -0.4 is 21.3 Å². The van der Waals surface area contributed by atoms with Crippen LogP contribution in [-0.2, 0) is 14.3 Å². The number of para-hydroxylation sites is 2. The van der Waals surface area contributed by atoms with E-state index in [4.69, 9.17) is 4.74 Å². The fraction of sp³-hybridized carbons (Fsp3) is 0.0652. The molecule has 294 valence electrons. The number of aromatic amines is 1. The van der Waals surface area contributed by atoms with Gasteiger partial charge in [-0.3, -0.25) is 19.2 Å². The Labute approximate surface area is 347 Å². The van der Waals surface area contributed by atoms with Crippen molar-refractivity contribution in [1.82, 2.24) is 10.3 Å². The van der Waals surface area contributed by atoms with E-state index < -0.39 is 34.8 Å². The summed E-state index contributed by atoms with van der Waals surface area (Å²) in [5.41, 5.74) is 4.11. The molecule has 0 saturated carbocycles. The van der Waals surface area contributed by atoms with Crippen molar-refractivity contribution >= 4 is 86.1 Å². The zero-order valence-electron chi connectivity index (χ0n) is 31.8. The van der Waals surface area contributed by atoms with Crippen LogP contribution >= 0.6 is 23.1 Å². The molecule has 1 unspecified atom stereocenters. The molecule has 4 amide bonds. The molecule has 5 N–H and O–H groups in total. The van der Waals surface area contributed by atoms with E-state index in [0.717, 1.165) is 22.2 Å². The maximum atomic E-state index is 14.3. The number of rotatable bonds is 13. The summed E-state index contributed by atoms with van der Waals surface area (Å²) < 4.78 is 5.06. The number of methoxy groups -OCH3 is 1. The van der Waals surface area contributed by atoms with Crippen molar-refractivity contribution in [3.63, 3.8) is 0 Å². The first-order valence-corrected chi connectivity index (χ1v) is 20.0. The van der Waals surface area contributed by atoms with Crippen molar-refractivity contribution in [1.29, 1.82) is 0 Å². The van der Waals surface area contributed by atoms with Crippen LogP contribution in [0.2, 0.25) is 0 Å². The van der Waals surface area contributed by atoms with Gasteiger partial charge in [0.1, 0.15) is 15.9 Å². The zero-order chi connectivity index (χ0) is 41.3. The van der Waals surface area contributed by atoms with Crippen molar-refractivity contribution in [3.05, 3.63) is 184 Å². The Morgan fingerprint density at radius 2 is 1.39 bits per heavy atom. The molecule has 7 rings (SSSR count). The minimum absolute atomic E-state index is 0.0210. The lowest BCUT2D eigenvalue weighted by Gasteiger charge is -2.18. The molecule has 0 bridgehead atoms. The Hall–Kier alpha value is -7.22. The number of carbonyl (C=O) groups is 5. The third kappa shape index (κ3) is 9.50. The fourth-order valence-electron chi connectivity index (χ4n) is 6.25. The maximum absolute atomic E-state index is 14.3. The lowest BCUT2D eigenvalue weighted by molar-refractivity contribution is -0.116. The number of carbonyl (C=O) groups excluding carboxylic acids is 5. The van der Waals surface area contributed by atoms with Crippen molar-refractivity contribution in [2.24, 2.45) is 0 Å². The highest BCUT2D eigenvalue weighted by Gasteiger charge is 2.30. The molecule has 0 fully saturated rings. The van der Waals surface area contributed by atoms with E-state index in [9.17, 15) is 24.0 Å². The Morgan fingerprint density at radius 1 is 0.729 bits per heavy atom. The number of thioether (sulfide) groups is 1. The Kier molecular flexibility index (Phi) is 12.4. The molecule has 0 aliphatic rings. The highest BCUT2D eigenvalue weighted by Crippen LogP contribution is 2.40. The summed E-state index contributed by atoms with van der Waals surface area (Å²) in [6, 6.07) is 41.3. The highest BCUT2D eigenvalue weighted by atomic mass is 32.2.